The first-order chi connectivity index (χ1) is 9.46. The van der Waals surface area contributed by atoms with Crippen LogP contribution >= 0.6 is 0 Å². The van der Waals surface area contributed by atoms with E-state index in [1.165, 1.54) is 0 Å². The second-order valence-electron chi connectivity index (χ2n) is 5.72. The fourth-order valence-electron chi connectivity index (χ4n) is 3.13. The Morgan fingerprint density at radius 2 is 1.65 bits per heavy atom. The molecule has 2 aromatic carbocycles. The number of aryl methyl sites for hydroxylation is 2. The minimum absolute atomic E-state index is 0.185. The van der Waals surface area contributed by atoms with Crippen molar-refractivity contribution in [3.8, 4) is 5.75 Å². The van der Waals surface area contributed by atoms with E-state index in [9.17, 15) is 4.79 Å². The summed E-state index contributed by atoms with van der Waals surface area (Å²) in [7, 11) is 0. The highest BCUT2D eigenvalue weighted by Gasteiger charge is 2.48. The van der Waals surface area contributed by atoms with Gasteiger partial charge in [0.2, 0.25) is 0 Å². The van der Waals surface area contributed by atoms with E-state index < -0.39 is 5.41 Å². The molecule has 0 radical (unpaired) electrons. The number of fused-ring (bicyclic) bond motifs is 1. The molecule has 2 aromatic rings. The SMILES string of the molecule is Cc1cc(C)c2c(c1C)OC(=O)C2(C)c1ccccc1. The molecule has 0 bridgehead atoms. The fourth-order valence-corrected chi connectivity index (χ4v) is 3.13. The summed E-state index contributed by atoms with van der Waals surface area (Å²) in [5.74, 6) is 0.564. The van der Waals surface area contributed by atoms with Crippen LogP contribution in [0, 0.1) is 20.8 Å². The lowest BCUT2D eigenvalue weighted by atomic mass is 9.75. The molecule has 1 aliphatic rings. The van der Waals surface area contributed by atoms with Gasteiger partial charge in [0, 0.05) is 5.56 Å². The molecule has 3 rings (SSSR count). The Bertz CT molecular complexity index is 701. The van der Waals surface area contributed by atoms with Crippen LogP contribution in [0.15, 0.2) is 36.4 Å². The van der Waals surface area contributed by atoms with E-state index in [4.69, 9.17) is 4.74 Å². The smallest absolute Gasteiger partial charge is 0.326 e. The molecular formula is C18H18O2. The van der Waals surface area contributed by atoms with Gasteiger partial charge in [-0.2, -0.15) is 0 Å². The maximum atomic E-state index is 12.5. The first-order valence-electron chi connectivity index (χ1n) is 6.85. The molecule has 1 atom stereocenters. The van der Waals surface area contributed by atoms with E-state index in [-0.39, 0.29) is 5.97 Å². The molecule has 0 saturated carbocycles. The molecule has 0 fully saturated rings. The second-order valence-corrected chi connectivity index (χ2v) is 5.72. The molecule has 2 nitrogen and oxygen atoms in total. The highest BCUT2D eigenvalue weighted by atomic mass is 16.5. The quantitative estimate of drug-likeness (QED) is 0.579. The zero-order valence-electron chi connectivity index (χ0n) is 12.3. The summed E-state index contributed by atoms with van der Waals surface area (Å²) in [5.41, 5.74) is 4.61. The normalized spacial score (nSPS) is 20.7. The number of benzene rings is 2. The first-order valence-corrected chi connectivity index (χ1v) is 6.85. The lowest BCUT2D eigenvalue weighted by Crippen LogP contribution is -2.32. The minimum Gasteiger partial charge on any atom is -0.425 e. The van der Waals surface area contributed by atoms with Gasteiger partial charge >= 0.3 is 5.97 Å². The highest BCUT2D eigenvalue weighted by molar-refractivity contribution is 5.95. The van der Waals surface area contributed by atoms with Gasteiger partial charge in [0.15, 0.2) is 0 Å². The van der Waals surface area contributed by atoms with Gasteiger partial charge in [-0.15, -0.1) is 0 Å². The van der Waals surface area contributed by atoms with Crippen molar-refractivity contribution in [2.45, 2.75) is 33.1 Å². The molecule has 0 N–H and O–H groups in total. The van der Waals surface area contributed by atoms with Gasteiger partial charge < -0.3 is 4.74 Å². The molecule has 20 heavy (non-hydrogen) atoms. The van der Waals surface area contributed by atoms with Crippen LogP contribution in [0.2, 0.25) is 0 Å². The van der Waals surface area contributed by atoms with Gasteiger partial charge in [-0.3, -0.25) is 4.79 Å². The molecular weight excluding hydrogens is 248 g/mol. The highest BCUT2D eigenvalue weighted by Crippen LogP contribution is 2.48. The summed E-state index contributed by atoms with van der Waals surface area (Å²) in [4.78, 5) is 12.5. The van der Waals surface area contributed by atoms with Crippen molar-refractivity contribution in [3.05, 3.63) is 64.2 Å². The number of ether oxygens (including phenoxy) is 1. The molecule has 0 aliphatic carbocycles. The van der Waals surface area contributed by atoms with E-state index in [0.29, 0.717) is 0 Å². The zero-order chi connectivity index (χ0) is 14.5. The van der Waals surface area contributed by atoms with Crippen LogP contribution in [-0.4, -0.2) is 5.97 Å². The number of hydrogen-bond donors (Lipinski definition) is 0. The molecule has 102 valence electrons. The summed E-state index contributed by atoms with van der Waals surface area (Å²) >= 11 is 0. The summed E-state index contributed by atoms with van der Waals surface area (Å²) in [6.45, 7) is 8.07. The van der Waals surface area contributed by atoms with Crippen molar-refractivity contribution in [1.29, 1.82) is 0 Å². The third kappa shape index (κ3) is 1.54. The lowest BCUT2D eigenvalue weighted by Gasteiger charge is -2.23. The number of carbonyl (C=O) groups excluding carboxylic acids is 1. The Kier molecular flexibility index (Phi) is 2.72. The van der Waals surface area contributed by atoms with Crippen LogP contribution in [0.4, 0.5) is 0 Å². The predicted octanol–water partition coefficient (Wildman–Crippen LogP) is 3.84. The van der Waals surface area contributed by atoms with E-state index in [1.54, 1.807) is 0 Å². The van der Waals surface area contributed by atoms with E-state index in [0.717, 1.165) is 33.6 Å². The summed E-state index contributed by atoms with van der Waals surface area (Å²) in [6.07, 6.45) is 0. The maximum Gasteiger partial charge on any atom is 0.326 e. The van der Waals surface area contributed by atoms with E-state index in [1.807, 2.05) is 44.2 Å². The third-order valence-electron chi connectivity index (χ3n) is 4.44. The molecule has 0 amide bonds. The summed E-state index contributed by atoms with van der Waals surface area (Å²) < 4.78 is 5.63. The Balaban J connectivity index is 2.33. The minimum atomic E-state index is -0.709. The van der Waals surface area contributed by atoms with Gasteiger partial charge in [-0.1, -0.05) is 36.4 Å². The molecule has 0 spiro atoms. The van der Waals surface area contributed by atoms with Crippen LogP contribution in [0.1, 0.15) is 34.7 Å². The lowest BCUT2D eigenvalue weighted by molar-refractivity contribution is -0.136. The second kappa shape index (κ2) is 4.20. The van der Waals surface area contributed by atoms with Gasteiger partial charge in [-0.25, -0.2) is 0 Å². The van der Waals surface area contributed by atoms with Crippen molar-refractivity contribution >= 4 is 5.97 Å². The molecule has 1 unspecified atom stereocenters. The van der Waals surface area contributed by atoms with Crippen molar-refractivity contribution in [2.75, 3.05) is 0 Å². The molecule has 0 saturated heterocycles. The molecule has 0 aromatic heterocycles. The standard InChI is InChI=1S/C18H18O2/c1-11-10-12(2)15-16(13(11)3)20-17(19)18(15,4)14-8-6-5-7-9-14/h5-10H,1-4H3. The zero-order valence-corrected chi connectivity index (χ0v) is 12.3. The Morgan fingerprint density at radius 1 is 1.00 bits per heavy atom. The number of carbonyl (C=O) groups is 1. The summed E-state index contributed by atoms with van der Waals surface area (Å²) in [6, 6.07) is 12.0. The third-order valence-corrected chi connectivity index (χ3v) is 4.44. The van der Waals surface area contributed by atoms with Crippen LogP contribution in [0.25, 0.3) is 0 Å². The summed E-state index contributed by atoms with van der Waals surface area (Å²) in [5, 5.41) is 0. The van der Waals surface area contributed by atoms with Gasteiger partial charge in [-0.05, 0) is 49.9 Å². The van der Waals surface area contributed by atoms with Crippen molar-refractivity contribution in [3.63, 3.8) is 0 Å². The maximum absolute atomic E-state index is 12.5. The van der Waals surface area contributed by atoms with Gasteiger partial charge in [0.1, 0.15) is 11.2 Å². The van der Waals surface area contributed by atoms with E-state index in [2.05, 4.69) is 19.9 Å². The largest absolute Gasteiger partial charge is 0.425 e. The van der Waals surface area contributed by atoms with Gasteiger partial charge in [0.05, 0.1) is 0 Å². The fraction of sp³-hybridized carbons (Fsp3) is 0.278. The van der Waals surface area contributed by atoms with Crippen LogP contribution in [0.5, 0.6) is 5.75 Å². The number of hydrogen-bond acceptors (Lipinski definition) is 2. The van der Waals surface area contributed by atoms with Crippen molar-refractivity contribution < 1.29 is 9.53 Å². The topological polar surface area (TPSA) is 26.3 Å². The van der Waals surface area contributed by atoms with Crippen molar-refractivity contribution in [1.82, 2.24) is 0 Å². The van der Waals surface area contributed by atoms with Crippen LogP contribution in [0.3, 0.4) is 0 Å². The Morgan fingerprint density at radius 3 is 2.30 bits per heavy atom. The predicted molar refractivity (Wildman–Crippen MR) is 79.2 cm³/mol. The van der Waals surface area contributed by atoms with Gasteiger partial charge in [0.25, 0.3) is 0 Å². The first kappa shape index (κ1) is 12.9. The average molecular weight is 266 g/mol. The molecule has 1 aliphatic heterocycles. The number of rotatable bonds is 1. The Labute approximate surface area is 119 Å². The van der Waals surface area contributed by atoms with Crippen LogP contribution in [-0.2, 0) is 10.2 Å². The average Bonchev–Trinajstić information content (AvgIpc) is 2.71. The molecule has 2 heteroatoms. The molecule has 1 heterocycles. The van der Waals surface area contributed by atoms with Crippen molar-refractivity contribution in [2.24, 2.45) is 0 Å². The number of esters is 1. The van der Waals surface area contributed by atoms with E-state index >= 15 is 0 Å². The Hall–Kier alpha value is -2.09. The van der Waals surface area contributed by atoms with Crippen LogP contribution < -0.4 is 4.74 Å². The monoisotopic (exact) mass is 266 g/mol.